The molecule has 4 heteroatoms. The van der Waals surface area contributed by atoms with E-state index in [1.54, 1.807) is 7.11 Å². The molecule has 0 atom stereocenters. The van der Waals surface area contributed by atoms with Crippen LogP contribution < -0.4 is 4.74 Å². The largest absolute Gasteiger partial charge is 0.497 e. The van der Waals surface area contributed by atoms with Gasteiger partial charge in [-0.15, -0.1) is 0 Å². The number of nitrogens with zero attached hydrogens (tertiary/aromatic N) is 1. The lowest BCUT2D eigenvalue weighted by Gasteiger charge is -2.10. The fourth-order valence-corrected chi connectivity index (χ4v) is 3.06. The van der Waals surface area contributed by atoms with Crippen LogP contribution in [0.1, 0.15) is 35.8 Å². The van der Waals surface area contributed by atoms with E-state index in [1.165, 1.54) is 0 Å². The second-order valence-electron chi connectivity index (χ2n) is 5.78. The zero-order valence-corrected chi connectivity index (χ0v) is 13.4. The van der Waals surface area contributed by atoms with Crippen molar-refractivity contribution in [1.82, 2.24) is 4.57 Å². The van der Waals surface area contributed by atoms with Gasteiger partial charge >= 0.3 is 5.97 Å². The molecular weight excluding hydrogens is 290 g/mol. The molecule has 0 bridgehead atoms. The summed E-state index contributed by atoms with van der Waals surface area (Å²) in [5.41, 5.74) is 2.86. The van der Waals surface area contributed by atoms with E-state index in [-0.39, 0.29) is 5.92 Å². The standard InChI is InChI=1S/C19H19NO3/c1-12(2)17-15-11-14(23-3)9-10-16(15)20(18(17)19(21)22)13-7-5-4-6-8-13/h4-12H,1-3H3,(H,21,22). The number of fused-ring (bicyclic) bond motifs is 1. The van der Waals surface area contributed by atoms with Gasteiger partial charge in [0.15, 0.2) is 0 Å². The molecule has 0 radical (unpaired) electrons. The van der Waals surface area contributed by atoms with Crippen molar-refractivity contribution in [2.75, 3.05) is 7.11 Å². The normalized spacial score (nSPS) is 11.1. The third-order valence-corrected chi connectivity index (χ3v) is 4.01. The molecule has 3 aromatic rings. The summed E-state index contributed by atoms with van der Waals surface area (Å²) in [4.78, 5) is 12.0. The van der Waals surface area contributed by atoms with Crippen molar-refractivity contribution in [3.8, 4) is 11.4 Å². The van der Waals surface area contributed by atoms with Crippen LogP contribution in [0.2, 0.25) is 0 Å². The van der Waals surface area contributed by atoms with Crippen LogP contribution in [0, 0.1) is 0 Å². The molecule has 1 heterocycles. The Morgan fingerprint density at radius 1 is 1.13 bits per heavy atom. The quantitative estimate of drug-likeness (QED) is 0.774. The van der Waals surface area contributed by atoms with Gasteiger partial charge in [0.1, 0.15) is 11.4 Å². The maximum atomic E-state index is 12.0. The minimum Gasteiger partial charge on any atom is -0.497 e. The lowest BCUT2D eigenvalue weighted by atomic mass is 9.99. The van der Waals surface area contributed by atoms with Crippen LogP contribution in [-0.4, -0.2) is 22.8 Å². The monoisotopic (exact) mass is 309 g/mol. The number of hydrogen-bond acceptors (Lipinski definition) is 2. The summed E-state index contributed by atoms with van der Waals surface area (Å²) in [7, 11) is 1.61. The molecular formula is C19H19NO3. The van der Waals surface area contributed by atoms with Crippen LogP contribution in [-0.2, 0) is 0 Å². The number of para-hydroxylation sites is 1. The first-order chi connectivity index (χ1) is 11.0. The number of hydrogen-bond donors (Lipinski definition) is 1. The highest BCUT2D eigenvalue weighted by Crippen LogP contribution is 2.36. The third-order valence-electron chi connectivity index (χ3n) is 4.01. The smallest absolute Gasteiger partial charge is 0.353 e. The summed E-state index contributed by atoms with van der Waals surface area (Å²) in [6.45, 7) is 4.02. The van der Waals surface area contributed by atoms with Crippen molar-refractivity contribution in [2.24, 2.45) is 0 Å². The Labute approximate surface area is 134 Å². The molecule has 1 aromatic heterocycles. The van der Waals surface area contributed by atoms with E-state index in [2.05, 4.69) is 0 Å². The second-order valence-corrected chi connectivity index (χ2v) is 5.78. The summed E-state index contributed by atoms with van der Waals surface area (Å²) in [6.07, 6.45) is 0. The lowest BCUT2D eigenvalue weighted by molar-refractivity contribution is 0.0687. The molecule has 0 aliphatic carbocycles. The number of ether oxygens (including phenoxy) is 1. The first-order valence-electron chi connectivity index (χ1n) is 7.55. The van der Waals surface area contributed by atoms with Crippen molar-refractivity contribution in [3.05, 3.63) is 59.8 Å². The van der Waals surface area contributed by atoms with Gasteiger partial charge in [0.2, 0.25) is 0 Å². The number of methoxy groups -OCH3 is 1. The molecule has 0 saturated carbocycles. The molecule has 2 aromatic carbocycles. The van der Waals surface area contributed by atoms with E-state index in [0.717, 1.165) is 27.9 Å². The Balaban J connectivity index is 2.47. The fourth-order valence-electron chi connectivity index (χ4n) is 3.06. The topological polar surface area (TPSA) is 51.5 Å². The molecule has 0 aliphatic rings. The highest BCUT2D eigenvalue weighted by Gasteiger charge is 2.25. The van der Waals surface area contributed by atoms with Gasteiger partial charge in [-0.25, -0.2) is 4.79 Å². The predicted molar refractivity (Wildman–Crippen MR) is 90.9 cm³/mol. The van der Waals surface area contributed by atoms with E-state index in [9.17, 15) is 9.90 Å². The summed E-state index contributed by atoms with van der Waals surface area (Å²) in [6, 6.07) is 15.3. The van der Waals surface area contributed by atoms with Crippen LogP contribution in [0.5, 0.6) is 5.75 Å². The van der Waals surface area contributed by atoms with Crippen molar-refractivity contribution in [2.45, 2.75) is 19.8 Å². The van der Waals surface area contributed by atoms with Crippen LogP contribution in [0.3, 0.4) is 0 Å². The second kappa shape index (κ2) is 5.80. The molecule has 118 valence electrons. The lowest BCUT2D eigenvalue weighted by Crippen LogP contribution is -2.09. The maximum absolute atomic E-state index is 12.0. The summed E-state index contributed by atoms with van der Waals surface area (Å²) >= 11 is 0. The van der Waals surface area contributed by atoms with Crippen LogP contribution >= 0.6 is 0 Å². The SMILES string of the molecule is COc1ccc2c(c1)c(C(C)C)c(C(=O)O)n2-c1ccccc1. The van der Waals surface area contributed by atoms with E-state index in [1.807, 2.05) is 66.9 Å². The molecule has 0 saturated heterocycles. The Bertz CT molecular complexity index is 863. The van der Waals surface area contributed by atoms with Gasteiger partial charge in [0.05, 0.1) is 12.6 Å². The van der Waals surface area contributed by atoms with Gasteiger partial charge in [-0.05, 0) is 41.8 Å². The molecule has 0 spiro atoms. The van der Waals surface area contributed by atoms with Crippen molar-refractivity contribution < 1.29 is 14.6 Å². The zero-order chi connectivity index (χ0) is 16.6. The number of rotatable bonds is 4. The molecule has 0 amide bonds. The number of carbonyl (C=O) groups is 1. The number of benzene rings is 2. The Hall–Kier alpha value is -2.75. The van der Waals surface area contributed by atoms with Crippen LogP contribution in [0.4, 0.5) is 0 Å². The van der Waals surface area contributed by atoms with Gasteiger partial charge < -0.3 is 14.4 Å². The molecule has 0 fully saturated rings. The molecule has 3 rings (SSSR count). The average Bonchev–Trinajstić information content (AvgIpc) is 2.90. The third kappa shape index (κ3) is 2.46. The zero-order valence-electron chi connectivity index (χ0n) is 13.4. The maximum Gasteiger partial charge on any atom is 0.353 e. The number of carboxylic acid groups (broad SMARTS) is 1. The van der Waals surface area contributed by atoms with Gasteiger partial charge in [-0.2, -0.15) is 0 Å². The average molecular weight is 309 g/mol. The van der Waals surface area contributed by atoms with Crippen molar-refractivity contribution >= 4 is 16.9 Å². The van der Waals surface area contributed by atoms with Gasteiger partial charge in [0.25, 0.3) is 0 Å². The molecule has 23 heavy (non-hydrogen) atoms. The number of aromatic nitrogens is 1. The van der Waals surface area contributed by atoms with Crippen molar-refractivity contribution in [3.63, 3.8) is 0 Å². The Morgan fingerprint density at radius 2 is 1.83 bits per heavy atom. The van der Waals surface area contributed by atoms with Crippen LogP contribution in [0.25, 0.3) is 16.6 Å². The molecule has 1 N–H and O–H groups in total. The highest BCUT2D eigenvalue weighted by atomic mass is 16.5. The van der Waals surface area contributed by atoms with Gasteiger partial charge in [-0.1, -0.05) is 32.0 Å². The number of aromatic carboxylic acids is 1. The summed E-state index contributed by atoms with van der Waals surface area (Å²) in [5, 5.41) is 10.7. The first kappa shape index (κ1) is 15.2. The summed E-state index contributed by atoms with van der Waals surface area (Å²) < 4.78 is 7.13. The molecule has 0 aliphatic heterocycles. The first-order valence-corrected chi connectivity index (χ1v) is 7.55. The van der Waals surface area contributed by atoms with E-state index in [0.29, 0.717) is 5.69 Å². The Morgan fingerprint density at radius 3 is 2.39 bits per heavy atom. The molecule has 4 nitrogen and oxygen atoms in total. The summed E-state index contributed by atoms with van der Waals surface area (Å²) in [5.74, 6) is -0.116. The van der Waals surface area contributed by atoms with Crippen molar-refractivity contribution in [1.29, 1.82) is 0 Å². The van der Waals surface area contributed by atoms with Gasteiger partial charge in [-0.3, -0.25) is 0 Å². The highest BCUT2D eigenvalue weighted by molar-refractivity contribution is 6.00. The predicted octanol–water partition coefficient (Wildman–Crippen LogP) is 4.46. The Kier molecular flexibility index (Phi) is 3.82. The van der Waals surface area contributed by atoms with E-state index < -0.39 is 5.97 Å². The molecule has 0 unspecified atom stereocenters. The van der Waals surface area contributed by atoms with Crippen LogP contribution in [0.15, 0.2) is 48.5 Å². The van der Waals surface area contributed by atoms with E-state index >= 15 is 0 Å². The van der Waals surface area contributed by atoms with E-state index in [4.69, 9.17) is 4.74 Å². The van der Waals surface area contributed by atoms with Gasteiger partial charge in [0, 0.05) is 11.1 Å². The minimum absolute atomic E-state index is 0.0840. The minimum atomic E-state index is -0.923. The fraction of sp³-hybridized carbons (Fsp3) is 0.211. The number of carboxylic acids is 1.